The smallest absolute Gasteiger partial charge is 0.431 e. The van der Waals surface area contributed by atoms with Crippen molar-refractivity contribution in [3.05, 3.63) is 47.9 Å². The number of aromatic nitrogens is 3. The number of nitrogens with zero attached hydrogens (tertiary/aromatic N) is 3. The Morgan fingerprint density at radius 2 is 1.93 bits per heavy atom. The highest BCUT2D eigenvalue weighted by Gasteiger charge is 2.37. The third-order valence-electron chi connectivity index (χ3n) is 5.68. The average Bonchev–Trinajstić information content (AvgIpc) is 3.38. The minimum atomic E-state index is -4.47. The van der Waals surface area contributed by atoms with Gasteiger partial charge in [-0.05, 0) is 38.1 Å². The highest BCUT2D eigenvalue weighted by molar-refractivity contribution is 5.88. The zero-order valence-electron chi connectivity index (χ0n) is 15.5. The molecule has 152 valence electrons. The van der Waals surface area contributed by atoms with E-state index in [4.69, 9.17) is 4.74 Å². The van der Waals surface area contributed by atoms with E-state index in [-0.39, 0.29) is 17.7 Å². The van der Waals surface area contributed by atoms with Gasteiger partial charge in [0, 0.05) is 5.56 Å². The number of fused-ring (bicyclic) bond motifs is 2. The summed E-state index contributed by atoms with van der Waals surface area (Å²) in [6, 6.07) is 8.74. The Kier molecular flexibility index (Phi) is 4.34. The van der Waals surface area contributed by atoms with Crippen LogP contribution in [0.4, 0.5) is 19.0 Å². The van der Waals surface area contributed by atoms with Gasteiger partial charge in [-0.25, -0.2) is 9.97 Å². The molecule has 0 aliphatic carbocycles. The van der Waals surface area contributed by atoms with Gasteiger partial charge in [-0.15, -0.1) is 0 Å². The molecule has 9 heteroatoms. The number of hydrogen-bond donors (Lipinski definition) is 2. The Hall–Kier alpha value is -2.81. The first-order valence-electron chi connectivity index (χ1n) is 9.64. The Bertz CT molecular complexity index is 1030. The van der Waals surface area contributed by atoms with Gasteiger partial charge in [0.2, 0.25) is 0 Å². The molecule has 2 aliphatic rings. The first-order valence-corrected chi connectivity index (χ1v) is 9.64. The molecule has 0 amide bonds. The number of para-hydroxylation sites is 1. The number of aromatic amines is 1. The monoisotopic (exact) mass is 403 g/mol. The summed E-state index contributed by atoms with van der Waals surface area (Å²) in [5, 5.41) is 3.73. The largest absolute Gasteiger partial charge is 0.491 e. The molecule has 0 bridgehead atoms. The van der Waals surface area contributed by atoms with E-state index in [1.54, 1.807) is 0 Å². The first kappa shape index (κ1) is 18.2. The van der Waals surface area contributed by atoms with Gasteiger partial charge in [-0.2, -0.15) is 13.2 Å². The van der Waals surface area contributed by atoms with Gasteiger partial charge >= 0.3 is 6.18 Å². The standard InChI is InChI=1S/C20H20F3N5O/c21-20(22,23)16-9-13-18(26-16)24-11-25-19(13)27-17-12-5-1-2-6-15(12)29-10-14(17)28-7-3-4-8-28/h1-2,5-6,9,11,14,17H,3-4,7-8,10H2,(H2,24,25,26,27). The number of benzene rings is 1. The van der Waals surface area contributed by atoms with E-state index in [1.807, 2.05) is 24.3 Å². The quantitative estimate of drug-likeness (QED) is 0.692. The molecule has 3 aromatic rings. The molecule has 1 fully saturated rings. The highest BCUT2D eigenvalue weighted by Crippen LogP contribution is 2.39. The number of alkyl halides is 3. The second kappa shape index (κ2) is 6.91. The van der Waals surface area contributed by atoms with Gasteiger partial charge in [0.05, 0.1) is 17.5 Å². The van der Waals surface area contributed by atoms with Gasteiger partial charge < -0.3 is 15.0 Å². The Balaban J connectivity index is 1.55. The third kappa shape index (κ3) is 3.29. The number of likely N-dealkylation sites (tertiary alicyclic amines) is 1. The normalized spacial score (nSPS) is 22.4. The maximum atomic E-state index is 13.2. The Morgan fingerprint density at radius 3 is 2.72 bits per heavy atom. The number of hydrogen-bond acceptors (Lipinski definition) is 5. The molecule has 2 unspecified atom stereocenters. The molecule has 1 saturated heterocycles. The van der Waals surface area contributed by atoms with Crippen LogP contribution in [0.1, 0.15) is 30.1 Å². The summed E-state index contributed by atoms with van der Waals surface area (Å²) in [4.78, 5) is 13.0. The average molecular weight is 403 g/mol. The molecule has 6 nitrogen and oxygen atoms in total. The predicted molar refractivity (Wildman–Crippen MR) is 102 cm³/mol. The van der Waals surface area contributed by atoms with Crippen LogP contribution in [0.25, 0.3) is 11.0 Å². The molecule has 0 saturated carbocycles. The fourth-order valence-corrected chi connectivity index (χ4v) is 4.27. The van der Waals surface area contributed by atoms with Crippen LogP contribution in [0.15, 0.2) is 36.7 Å². The Labute approximate surface area is 165 Å². The van der Waals surface area contributed by atoms with Crippen LogP contribution >= 0.6 is 0 Å². The lowest BCUT2D eigenvalue weighted by molar-refractivity contribution is -0.140. The van der Waals surface area contributed by atoms with E-state index < -0.39 is 11.9 Å². The number of nitrogens with one attached hydrogen (secondary N) is 2. The van der Waals surface area contributed by atoms with Crippen molar-refractivity contribution in [1.29, 1.82) is 0 Å². The molecule has 4 heterocycles. The maximum absolute atomic E-state index is 13.2. The fourth-order valence-electron chi connectivity index (χ4n) is 4.27. The summed E-state index contributed by atoms with van der Waals surface area (Å²) in [6.45, 7) is 2.48. The summed E-state index contributed by atoms with van der Waals surface area (Å²) in [6.07, 6.45) is -0.927. The van der Waals surface area contributed by atoms with Crippen LogP contribution in [0.3, 0.4) is 0 Å². The first-order chi connectivity index (χ1) is 14.0. The fraction of sp³-hybridized carbons (Fsp3) is 0.400. The SMILES string of the molecule is FC(F)(F)c1cc2c(NC3c4ccccc4OCC3N3CCCC3)ncnc2[nH]1. The lowest BCUT2D eigenvalue weighted by Gasteiger charge is -2.39. The number of rotatable bonds is 3. The van der Waals surface area contributed by atoms with E-state index in [0.717, 1.165) is 43.3 Å². The van der Waals surface area contributed by atoms with Crippen molar-refractivity contribution in [2.45, 2.75) is 31.1 Å². The highest BCUT2D eigenvalue weighted by atomic mass is 19.4. The van der Waals surface area contributed by atoms with Crippen LogP contribution < -0.4 is 10.1 Å². The second-order valence-electron chi connectivity index (χ2n) is 7.45. The summed E-state index contributed by atoms with van der Waals surface area (Å²) in [7, 11) is 0. The summed E-state index contributed by atoms with van der Waals surface area (Å²) in [5.74, 6) is 1.17. The van der Waals surface area contributed by atoms with Crippen LogP contribution in [0.5, 0.6) is 5.75 Å². The minimum absolute atomic E-state index is 0.0680. The topological polar surface area (TPSA) is 66.1 Å². The molecule has 0 spiro atoms. The summed E-state index contributed by atoms with van der Waals surface area (Å²) >= 11 is 0. The van der Waals surface area contributed by atoms with E-state index in [2.05, 4.69) is 25.2 Å². The minimum Gasteiger partial charge on any atom is -0.491 e. The molecule has 2 aliphatic heterocycles. The molecule has 5 rings (SSSR count). The number of anilines is 1. The number of H-pyrrole nitrogens is 1. The second-order valence-corrected chi connectivity index (χ2v) is 7.45. The van der Waals surface area contributed by atoms with Crippen molar-refractivity contribution in [1.82, 2.24) is 19.9 Å². The molecular weight excluding hydrogens is 383 g/mol. The lowest BCUT2D eigenvalue weighted by Crippen LogP contribution is -2.47. The Morgan fingerprint density at radius 1 is 1.14 bits per heavy atom. The van der Waals surface area contributed by atoms with Gasteiger partial charge in [-0.1, -0.05) is 18.2 Å². The molecule has 2 aromatic heterocycles. The summed E-state index contributed by atoms with van der Waals surface area (Å²) < 4.78 is 45.5. The van der Waals surface area contributed by atoms with Crippen LogP contribution in [-0.2, 0) is 6.18 Å². The zero-order valence-corrected chi connectivity index (χ0v) is 15.5. The van der Waals surface area contributed by atoms with Crippen LogP contribution in [0, 0.1) is 0 Å². The molecule has 2 atom stereocenters. The molecular formula is C20H20F3N5O. The predicted octanol–water partition coefficient (Wildman–Crippen LogP) is 3.99. The zero-order chi connectivity index (χ0) is 20.0. The van der Waals surface area contributed by atoms with Crippen molar-refractivity contribution >= 4 is 16.9 Å². The van der Waals surface area contributed by atoms with Crippen LogP contribution in [-0.4, -0.2) is 45.6 Å². The van der Waals surface area contributed by atoms with Gasteiger partial charge in [0.25, 0.3) is 0 Å². The van der Waals surface area contributed by atoms with Crippen molar-refractivity contribution in [2.75, 3.05) is 25.0 Å². The van der Waals surface area contributed by atoms with Crippen molar-refractivity contribution in [2.24, 2.45) is 0 Å². The lowest BCUT2D eigenvalue weighted by atomic mass is 9.95. The van der Waals surface area contributed by atoms with E-state index in [0.29, 0.717) is 17.8 Å². The van der Waals surface area contributed by atoms with Crippen molar-refractivity contribution in [3.8, 4) is 5.75 Å². The van der Waals surface area contributed by atoms with E-state index >= 15 is 0 Å². The van der Waals surface area contributed by atoms with E-state index in [9.17, 15) is 13.2 Å². The van der Waals surface area contributed by atoms with Gasteiger partial charge in [0.1, 0.15) is 35.8 Å². The third-order valence-corrected chi connectivity index (χ3v) is 5.68. The maximum Gasteiger partial charge on any atom is 0.431 e. The number of halogens is 3. The van der Waals surface area contributed by atoms with Crippen molar-refractivity contribution in [3.63, 3.8) is 0 Å². The van der Waals surface area contributed by atoms with Gasteiger partial charge in [-0.3, -0.25) is 4.90 Å². The van der Waals surface area contributed by atoms with Gasteiger partial charge in [0.15, 0.2) is 0 Å². The summed E-state index contributed by atoms with van der Waals surface area (Å²) in [5.41, 5.74) is 0.307. The van der Waals surface area contributed by atoms with Crippen molar-refractivity contribution < 1.29 is 17.9 Å². The number of ether oxygens (including phenoxy) is 1. The molecule has 2 N–H and O–H groups in total. The molecule has 29 heavy (non-hydrogen) atoms. The molecule has 0 radical (unpaired) electrons. The van der Waals surface area contributed by atoms with Crippen LogP contribution in [0.2, 0.25) is 0 Å². The molecule has 1 aromatic carbocycles. The van der Waals surface area contributed by atoms with E-state index in [1.165, 1.54) is 6.33 Å².